The number of anilines is 3. The summed E-state index contributed by atoms with van der Waals surface area (Å²) in [6, 6.07) is 70.2. The molecule has 268 valence electrons. The fraction of sp³-hybridized carbons (Fsp3) is 0.0545. The summed E-state index contributed by atoms with van der Waals surface area (Å²) in [5.41, 5.74) is 10.7. The molecule has 2 aliphatic rings. The molecule has 0 saturated heterocycles. The van der Waals surface area contributed by atoms with Gasteiger partial charge in [-0.3, -0.25) is 0 Å². The van der Waals surface area contributed by atoms with Gasteiger partial charge in [0.2, 0.25) is 0 Å². The van der Waals surface area contributed by atoms with E-state index in [0.29, 0.717) is 0 Å². The zero-order valence-corrected chi connectivity index (χ0v) is 31.4. The van der Waals surface area contributed by atoms with E-state index < -0.39 is 5.41 Å². The third kappa shape index (κ3) is 4.53. The highest BCUT2D eigenvalue weighted by Gasteiger charge is 2.49. The van der Waals surface area contributed by atoms with Crippen LogP contribution in [0.1, 0.15) is 23.1 Å². The lowest BCUT2D eigenvalue weighted by Crippen LogP contribution is -2.42. The second-order valence-electron chi connectivity index (χ2n) is 15.6. The predicted octanol–water partition coefficient (Wildman–Crippen LogP) is 14.5. The fourth-order valence-electron chi connectivity index (χ4n) is 10.5. The highest BCUT2D eigenvalue weighted by atomic mass is 15.2. The van der Waals surface area contributed by atoms with Crippen molar-refractivity contribution in [3.63, 3.8) is 0 Å². The first kappa shape index (κ1) is 32.1. The Morgan fingerprint density at radius 2 is 1.02 bits per heavy atom. The third-order valence-electron chi connectivity index (χ3n) is 12.8. The van der Waals surface area contributed by atoms with Crippen LogP contribution in [0.2, 0.25) is 0 Å². The maximum atomic E-state index is 2.55. The second kappa shape index (κ2) is 12.4. The number of benzene rings is 9. The van der Waals surface area contributed by atoms with Crippen LogP contribution < -0.4 is 4.90 Å². The van der Waals surface area contributed by atoms with Crippen LogP contribution in [0, 0.1) is 5.92 Å². The zero-order chi connectivity index (χ0) is 37.5. The number of nitrogens with zero attached hydrogens (tertiary/aromatic N) is 2. The van der Waals surface area contributed by atoms with Gasteiger partial charge in [-0.25, -0.2) is 0 Å². The molecule has 0 spiro atoms. The summed E-state index contributed by atoms with van der Waals surface area (Å²) in [4.78, 5) is 2.51. The Balaban J connectivity index is 1.23. The SMILES string of the molecule is C1=CCC(C2(c3ccccc3)c3ccccc3N(c3ccccc3)c3cc4c5ccccc5n(-c5ccc6c7ccccc7c7ccccc7c6c5)c4cc32)C=C1. The molecule has 0 saturated carbocycles. The summed E-state index contributed by atoms with van der Waals surface area (Å²) < 4.78 is 2.52. The van der Waals surface area contributed by atoms with Crippen LogP contribution in [0.4, 0.5) is 17.1 Å². The van der Waals surface area contributed by atoms with Crippen LogP contribution in [-0.4, -0.2) is 4.57 Å². The molecule has 0 radical (unpaired) electrons. The predicted molar refractivity (Wildman–Crippen MR) is 241 cm³/mol. The van der Waals surface area contributed by atoms with Gasteiger partial charge in [-0.1, -0.05) is 164 Å². The normalized spacial score (nSPS) is 17.5. The molecule has 57 heavy (non-hydrogen) atoms. The first-order valence-corrected chi connectivity index (χ1v) is 20.1. The van der Waals surface area contributed by atoms with Gasteiger partial charge in [0.25, 0.3) is 0 Å². The van der Waals surface area contributed by atoms with Crippen LogP contribution in [-0.2, 0) is 5.41 Å². The van der Waals surface area contributed by atoms with Crippen molar-refractivity contribution in [2.75, 3.05) is 4.90 Å². The van der Waals surface area contributed by atoms with Gasteiger partial charge in [0.1, 0.15) is 0 Å². The van der Waals surface area contributed by atoms with Crippen LogP contribution in [0.3, 0.4) is 0 Å². The summed E-state index contributed by atoms with van der Waals surface area (Å²) in [5, 5.41) is 10.2. The van der Waals surface area contributed by atoms with E-state index in [1.165, 1.54) is 82.2 Å². The molecule has 0 amide bonds. The van der Waals surface area contributed by atoms with Crippen molar-refractivity contribution in [2.24, 2.45) is 5.92 Å². The molecular weight excluding hydrogens is 689 g/mol. The first-order chi connectivity index (χ1) is 28.3. The topological polar surface area (TPSA) is 8.17 Å². The quantitative estimate of drug-likeness (QED) is 0.164. The van der Waals surface area contributed by atoms with Crippen LogP contribution in [0.25, 0.3) is 59.8 Å². The maximum Gasteiger partial charge on any atom is 0.0558 e. The van der Waals surface area contributed by atoms with Gasteiger partial charge >= 0.3 is 0 Å². The summed E-state index contributed by atoms with van der Waals surface area (Å²) in [7, 11) is 0. The van der Waals surface area contributed by atoms with Crippen molar-refractivity contribution in [2.45, 2.75) is 11.8 Å². The molecule has 10 aromatic rings. The minimum Gasteiger partial charge on any atom is -0.310 e. The molecule has 1 aliphatic carbocycles. The summed E-state index contributed by atoms with van der Waals surface area (Å²) in [6.45, 7) is 0. The Hall–Kier alpha value is -7.16. The lowest BCUT2D eigenvalue weighted by Gasteiger charge is -2.49. The average Bonchev–Trinajstić information content (AvgIpc) is 3.61. The molecular formula is C55H38N2. The molecule has 9 aromatic carbocycles. The molecule has 0 bridgehead atoms. The molecule has 0 N–H and O–H groups in total. The standard InChI is InChI=1S/C55H38N2/c1-4-18-37(19-5-1)55(38-20-6-2-7-21-38)49-29-15-17-31-52(49)56(39-22-8-3-9-23-39)54-35-48-46-28-14-16-30-51(46)57(53(48)36-50(54)55)40-32-33-45-43-26-11-10-24-41(43)42-25-12-13-27-44(42)47(45)34-40/h1-20,22-36,38H,21H2. The highest BCUT2D eigenvalue weighted by molar-refractivity contribution is 6.25. The fourth-order valence-corrected chi connectivity index (χ4v) is 10.5. The number of hydrogen-bond acceptors (Lipinski definition) is 1. The van der Waals surface area contributed by atoms with E-state index in [2.05, 4.69) is 222 Å². The van der Waals surface area contributed by atoms with E-state index in [1.54, 1.807) is 0 Å². The van der Waals surface area contributed by atoms with E-state index in [4.69, 9.17) is 0 Å². The Bertz CT molecular complexity index is 3240. The number of fused-ring (bicyclic) bond motifs is 11. The number of para-hydroxylation sites is 3. The number of aromatic nitrogens is 1. The van der Waals surface area contributed by atoms with Crippen molar-refractivity contribution >= 4 is 71.2 Å². The van der Waals surface area contributed by atoms with Gasteiger partial charge in [0.05, 0.1) is 27.8 Å². The second-order valence-corrected chi connectivity index (χ2v) is 15.6. The Morgan fingerprint density at radius 3 is 1.74 bits per heavy atom. The summed E-state index contributed by atoms with van der Waals surface area (Å²) in [6.07, 6.45) is 10.2. The lowest BCUT2D eigenvalue weighted by atomic mass is 9.58. The molecule has 2 unspecified atom stereocenters. The zero-order valence-electron chi connectivity index (χ0n) is 31.4. The highest BCUT2D eigenvalue weighted by Crippen LogP contribution is 2.60. The lowest BCUT2D eigenvalue weighted by molar-refractivity contribution is 0.445. The molecule has 0 fully saturated rings. The van der Waals surface area contributed by atoms with E-state index >= 15 is 0 Å². The molecule has 2 heterocycles. The summed E-state index contributed by atoms with van der Waals surface area (Å²) >= 11 is 0. The molecule has 2 atom stereocenters. The minimum atomic E-state index is -0.465. The number of allylic oxidation sites excluding steroid dienone is 4. The third-order valence-corrected chi connectivity index (χ3v) is 12.8. The molecule has 2 heteroatoms. The Labute approximate surface area is 331 Å². The van der Waals surface area contributed by atoms with Gasteiger partial charge in [-0.15, -0.1) is 0 Å². The number of hydrogen-bond donors (Lipinski definition) is 0. The number of rotatable bonds is 4. The van der Waals surface area contributed by atoms with E-state index in [-0.39, 0.29) is 5.92 Å². The largest absolute Gasteiger partial charge is 0.310 e. The summed E-state index contributed by atoms with van der Waals surface area (Å²) in [5.74, 6) is 0.193. The molecule has 1 aromatic heterocycles. The van der Waals surface area contributed by atoms with E-state index in [1.807, 2.05) is 0 Å². The van der Waals surface area contributed by atoms with Gasteiger partial charge in [-0.05, 0) is 110 Å². The Kier molecular flexibility index (Phi) is 7.00. The Morgan fingerprint density at radius 1 is 0.404 bits per heavy atom. The average molecular weight is 727 g/mol. The van der Waals surface area contributed by atoms with E-state index in [9.17, 15) is 0 Å². The smallest absolute Gasteiger partial charge is 0.0558 e. The van der Waals surface area contributed by atoms with Crippen molar-refractivity contribution in [3.8, 4) is 5.69 Å². The van der Waals surface area contributed by atoms with Crippen LogP contribution in [0.5, 0.6) is 0 Å². The van der Waals surface area contributed by atoms with Crippen molar-refractivity contribution < 1.29 is 0 Å². The van der Waals surface area contributed by atoms with Gasteiger partial charge in [0, 0.05) is 22.1 Å². The molecule has 12 rings (SSSR count). The molecule has 2 nitrogen and oxygen atoms in total. The maximum absolute atomic E-state index is 2.55. The molecule has 1 aliphatic heterocycles. The van der Waals surface area contributed by atoms with Crippen molar-refractivity contribution in [1.82, 2.24) is 4.57 Å². The van der Waals surface area contributed by atoms with Crippen LogP contribution >= 0.6 is 0 Å². The first-order valence-electron chi connectivity index (χ1n) is 20.1. The van der Waals surface area contributed by atoms with Crippen molar-refractivity contribution in [3.05, 3.63) is 229 Å². The van der Waals surface area contributed by atoms with E-state index in [0.717, 1.165) is 17.8 Å². The minimum absolute atomic E-state index is 0.193. The van der Waals surface area contributed by atoms with Gasteiger partial charge in [-0.2, -0.15) is 0 Å². The van der Waals surface area contributed by atoms with Gasteiger partial charge in [0.15, 0.2) is 0 Å². The monoisotopic (exact) mass is 726 g/mol. The van der Waals surface area contributed by atoms with Gasteiger partial charge < -0.3 is 9.47 Å². The van der Waals surface area contributed by atoms with Crippen molar-refractivity contribution in [1.29, 1.82) is 0 Å². The van der Waals surface area contributed by atoms with Crippen LogP contribution in [0.15, 0.2) is 212 Å².